The summed E-state index contributed by atoms with van der Waals surface area (Å²) in [6.45, 7) is 2.12. The summed E-state index contributed by atoms with van der Waals surface area (Å²) in [5.74, 6) is -0.167. The molecule has 0 saturated heterocycles. The van der Waals surface area contributed by atoms with Crippen LogP contribution < -0.4 is 16.1 Å². The van der Waals surface area contributed by atoms with Gasteiger partial charge >= 0.3 is 5.69 Å². The van der Waals surface area contributed by atoms with Gasteiger partial charge in [0.25, 0.3) is 5.56 Å². The SMILES string of the molecule is CCc1cccc(N(C)C(=O)CCn2cc(C#N)c(=O)[nH]c2=O)c1. The van der Waals surface area contributed by atoms with E-state index >= 15 is 0 Å². The number of H-pyrrole nitrogens is 1. The van der Waals surface area contributed by atoms with Crippen LogP contribution in [0.15, 0.2) is 40.1 Å². The van der Waals surface area contributed by atoms with Crippen molar-refractivity contribution in [2.24, 2.45) is 0 Å². The molecule has 7 heteroatoms. The number of rotatable bonds is 5. The average molecular weight is 326 g/mol. The van der Waals surface area contributed by atoms with Gasteiger partial charge in [0.05, 0.1) is 0 Å². The molecule has 0 radical (unpaired) electrons. The summed E-state index contributed by atoms with van der Waals surface area (Å²) in [6, 6.07) is 9.38. The normalized spacial score (nSPS) is 10.2. The molecule has 0 spiro atoms. The second kappa shape index (κ2) is 7.42. The molecule has 1 amide bonds. The van der Waals surface area contributed by atoms with E-state index in [2.05, 4.69) is 4.98 Å². The zero-order valence-corrected chi connectivity index (χ0v) is 13.6. The van der Waals surface area contributed by atoms with Crippen LogP contribution in [0, 0.1) is 11.3 Å². The standard InChI is InChI=1S/C17H18N4O3/c1-3-12-5-4-6-14(9-12)20(2)15(22)7-8-21-11-13(10-18)16(23)19-17(21)24/h4-6,9,11H,3,7-8H2,1-2H3,(H,19,23,24). The van der Waals surface area contributed by atoms with Crippen LogP contribution in [-0.2, 0) is 17.8 Å². The fraction of sp³-hybridized carbons (Fsp3) is 0.294. The molecule has 124 valence electrons. The summed E-state index contributed by atoms with van der Waals surface area (Å²) in [4.78, 5) is 39.0. The number of nitrogens with one attached hydrogen (secondary N) is 1. The molecule has 0 aliphatic carbocycles. The number of aromatic nitrogens is 2. The third-order valence-electron chi connectivity index (χ3n) is 3.78. The largest absolute Gasteiger partial charge is 0.328 e. The lowest BCUT2D eigenvalue weighted by Gasteiger charge is -2.18. The Hall–Kier alpha value is -3.14. The van der Waals surface area contributed by atoms with Crippen LogP contribution in [0.4, 0.5) is 5.69 Å². The Morgan fingerprint density at radius 3 is 2.79 bits per heavy atom. The van der Waals surface area contributed by atoms with E-state index in [0.717, 1.165) is 22.2 Å². The molecule has 24 heavy (non-hydrogen) atoms. The first kappa shape index (κ1) is 17.2. The Kier molecular flexibility index (Phi) is 5.32. The number of aryl methyl sites for hydroxylation is 2. The van der Waals surface area contributed by atoms with Crippen molar-refractivity contribution in [1.29, 1.82) is 5.26 Å². The van der Waals surface area contributed by atoms with Crippen LogP contribution in [0.1, 0.15) is 24.5 Å². The number of aromatic amines is 1. The summed E-state index contributed by atoms with van der Waals surface area (Å²) in [7, 11) is 1.67. The molecule has 1 aromatic carbocycles. The van der Waals surface area contributed by atoms with Gasteiger partial charge in [0, 0.05) is 31.9 Å². The highest BCUT2D eigenvalue weighted by Crippen LogP contribution is 2.16. The second-order valence-electron chi connectivity index (χ2n) is 5.33. The van der Waals surface area contributed by atoms with E-state index < -0.39 is 11.2 Å². The predicted molar refractivity (Wildman–Crippen MR) is 89.9 cm³/mol. The summed E-state index contributed by atoms with van der Waals surface area (Å²) in [5, 5.41) is 8.84. The minimum absolute atomic E-state index is 0.0731. The lowest BCUT2D eigenvalue weighted by molar-refractivity contribution is -0.118. The van der Waals surface area contributed by atoms with E-state index in [1.165, 1.54) is 11.1 Å². The van der Waals surface area contributed by atoms with E-state index in [-0.39, 0.29) is 24.4 Å². The van der Waals surface area contributed by atoms with Crippen molar-refractivity contribution in [3.05, 3.63) is 62.4 Å². The van der Waals surface area contributed by atoms with E-state index in [0.29, 0.717) is 0 Å². The molecule has 0 saturated carbocycles. The molecule has 0 aliphatic heterocycles. The van der Waals surface area contributed by atoms with Gasteiger partial charge in [-0.05, 0) is 24.1 Å². The number of amides is 1. The zero-order chi connectivity index (χ0) is 17.7. The van der Waals surface area contributed by atoms with Crippen molar-refractivity contribution in [3.63, 3.8) is 0 Å². The average Bonchev–Trinajstić information content (AvgIpc) is 2.60. The molecule has 2 rings (SSSR count). The van der Waals surface area contributed by atoms with Crippen LogP contribution in [0.5, 0.6) is 0 Å². The van der Waals surface area contributed by atoms with Crippen molar-refractivity contribution in [2.75, 3.05) is 11.9 Å². The zero-order valence-electron chi connectivity index (χ0n) is 13.6. The molecule has 0 unspecified atom stereocenters. The molecule has 0 aliphatic rings. The molecule has 1 aromatic heterocycles. The highest BCUT2D eigenvalue weighted by Gasteiger charge is 2.12. The third kappa shape index (κ3) is 3.79. The molecule has 1 heterocycles. The Morgan fingerprint density at radius 1 is 1.38 bits per heavy atom. The van der Waals surface area contributed by atoms with Crippen molar-refractivity contribution < 1.29 is 4.79 Å². The highest BCUT2D eigenvalue weighted by atomic mass is 16.2. The first-order valence-electron chi connectivity index (χ1n) is 7.55. The van der Waals surface area contributed by atoms with Gasteiger partial charge in [0.1, 0.15) is 11.6 Å². The lowest BCUT2D eigenvalue weighted by Crippen LogP contribution is -2.33. The van der Waals surface area contributed by atoms with Gasteiger partial charge in [-0.2, -0.15) is 5.26 Å². The topological polar surface area (TPSA) is 99.0 Å². The molecule has 7 nitrogen and oxygen atoms in total. The monoisotopic (exact) mass is 326 g/mol. The Morgan fingerprint density at radius 2 is 2.12 bits per heavy atom. The van der Waals surface area contributed by atoms with Crippen molar-refractivity contribution in [3.8, 4) is 6.07 Å². The van der Waals surface area contributed by atoms with E-state index in [9.17, 15) is 14.4 Å². The van der Waals surface area contributed by atoms with Crippen LogP contribution in [-0.4, -0.2) is 22.5 Å². The number of benzene rings is 1. The quantitative estimate of drug-likeness (QED) is 0.887. The number of nitrogens with zero attached hydrogens (tertiary/aromatic N) is 3. The van der Waals surface area contributed by atoms with E-state index in [4.69, 9.17) is 5.26 Å². The minimum atomic E-state index is -0.724. The van der Waals surface area contributed by atoms with Crippen molar-refractivity contribution in [1.82, 2.24) is 9.55 Å². The lowest BCUT2D eigenvalue weighted by atomic mass is 10.1. The molecular formula is C17H18N4O3. The van der Waals surface area contributed by atoms with Crippen LogP contribution >= 0.6 is 0 Å². The van der Waals surface area contributed by atoms with Gasteiger partial charge in [-0.3, -0.25) is 19.1 Å². The number of carbonyl (C=O) groups is 1. The van der Waals surface area contributed by atoms with Gasteiger partial charge in [-0.15, -0.1) is 0 Å². The maximum absolute atomic E-state index is 12.3. The van der Waals surface area contributed by atoms with Gasteiger partial charge < -0.3 is 4.90 Å². The maximum Gasteiger partial charge on any atom is 0.328 e. The number of nitriles is 1. The summed E-state index contributed by atoms with van der Waals surface area (Å²) >= 11 is 0. The number of carbonyl (C=O) groups excluding carboxylic acids is 1. The van der Waals surface area contributed by atoms with Crippen LogP contribution in [0.3, 0.4) is 0 Å². The third-order valence-corrected chi connectivity index (χ3v) is 3.78. The second-order valence-corrected chi connectivity index (χ2v) is 5.33. The Balaban J connectivity index is 2.12. The number of hydrogen-bond donors (Lipinski definition) is 1. The Labute approximate surface area is 138 Å². The summed E-state index contributed by atoms with van der Waals surface area (Å²) in [6.07, 6.45) is 2.12. The first-order chi connectivity index (χ1) is 11.5. The highest BCUT2D eigenvalue weighted by molar-refractivity contribution is 5.92. The Bertz CT molecular complexity index is 905. The molecule has 0 fully saturated rings. The fourth-order valence-electron chi connectivity index (χ4n) is 2.27. The predicted octanol–water partition coefficient (Wildman–Crippen LogP) is 1.02. The van der Waals surface area contributed by atoms with Gasteiger partial charge in [-0.25, -0.2) is 4.79 Å². The van der Waals surface area contributed by atoms with Gasteiger partial charge in [-0.1, -0.05) is 19.1 Å². The van der Waals surface area contributed by atoms with Gasteiger partial charge in [0.15, 0.2) is 0 Å². The smallest absolute Gasteiger partial charge is 0.315 e. The molecule has 2 aromatic rings. The van der Waals surface area contributed by atoms with E-state index in [1.807, 2.05) is 31.2 Å². The molecular weight excluding hydrogens is 308 g/mol. The number of hydrogen-bond acceptors (Lipinski definition) is 4. The molecule has 0 bridgehead atoms. The minimum Gasteiger partial charge on any atom is -0.315 e. The summed E-state index contributed by atoms with van der Waals surface area (Å²) < 4.78 is 1.16. The molecule has 1 N–H and O–H groups in total. The fourth-order valence-corrected chi connectivity index (χ4v) is 2.27. The van der Waals surface area contributed by atoms with E-state index in [1.54, 1.807) is 13.1 Å². The number of anilines is 1. The van der Waals surface area contributed by atoms with Crippen molar-refractivity contribution in [2.45, 2.75) is 26.3 Å². The maximum atomic E-state index is 12.3. The van der Waals surface area contributed by atoms with Crippen molar-refractivity contribution >= 4 is 11.6 Å². The summed E-state index contributed by atoms with van der Waals surface area (Å²) in [5.41, 5.74) is 0.389. The molecule has 0 atom stereocenters. The van der Waals surface area contributed by atoms with Crippen LogP contribution in [0.2, 0.25) is 0 Å². The van der Waals surface area contributed by atoms with Crippen LogP contribution in [0.25, 0.3) is 0 Å². The first-order valence-corrected chi connectivity index (χ1v) is 7.55. The van der Waals surface area contributed by atoms with Gasteiger partial charge in [0.2, 0.25) is 5.91 Å².